The third-order valence-corrected chi connectivity index (χ3v) is 16.3. The lowest BCUT2D eigenvalue weighted by Crippen LogP contribution is -2.51. The van der Waals surface area contributed by atoms with E-state index in [1.165, 1.54) is 70.6 Å². The molecular weight excluding hydrogens is 773 g/mol. The van der Waals surface area contributed by atoms with Crippen LogP contribution in [0.25, 0.3) is 0 Å². The first-order chi connectivity index (χ1) is 29.9. The third-order valence-electron chi connectivity index (χ3n) is 16.3. The van der Waals surface area contributed by atoms with Gasteiger partial charge in [0.25, 0.3) is 0 Å². The summed E-state index contributed by atoms with van der Waals surface area (Å²) in [6.07, 6.45) is 33.8. The zero-order valence-electron chi connectivity index (χ0n) is 41.0. The molecule has 0 spiro atoms. The molecule has 8 atom stereocenters. The Hall–Kier alpha value is -1.74. The van der Waals surface area contributed by atoms with Crippen LogP contribution in [0.15, 0.2) is 23.8 Å². The summed E-state index contributed by atoms with van der Waals surface area (Å²) in [5.74, 6) is 4.31. The molecule has 4 aliphatic rings. The van der Waals surface area contributed by atoms with Crippen molar-refractivity contribution in [3.05, 3.63) is 23.8 Å². The number of aliphatic hydroxyl groups excluding tert-OH is 2. The molecule has 62 heavy (non-hydrogen) atoms. The fourth-order valence-corrected chi connectivity index (χ4v) is 12.4. The molecule has 2 fully saturated rings. The molecule has 0 radical (unpaired) electrons. The zero-order chi connectivity index (χ0) is 44.8. The summed E-state index contributed by atoms with van der Waals surface area (Å²) in [7, 11) is 0. The maximum Gasteiger partial charge on any atom is 0.306 e. The Morgan fingerprint density at radius 2 is 1.35 bits per heavy atom. The van der Waals surface area contributed by atoms with Gasteiger partial charge in [-0.2, -0.15) is 0 Å². The first-order valence-electron chi connectivity index (χ1n) is 26.3. The van der Waals surface area contributed by atoms with Gasteiger partial charge in [0.2, 0.25) is 0 Å². The number of carbonyl (C=O) groups excluding carboxylic acids is 2. The van der Waals surface area contributed by atoms with Gasteiger partial charge >= 0.3 is 11.9 Å². The highest BCUT2D eigenvalue weighted by Gasteiger charge is 2.57. The second-order valence-electron chi connectivity index (χ2n) is 21.4. The van der Waals surface area contributed by atoms with E-state index < -0.39 is 0 Å². The molecule has 0 aromatic heterocycles. The van der Waals surface area contributed by atoms with Gasteiger partial charge in [-0.05, 0) is 124 Å². The summed E-state index contributed by atoms with van der Waals surface area (Å²) >= 11 is 0. The van der Waals surface area contributed by atoms with Crippen LogP contribution in [-0.4, -0.2) is 97.1 Å². The normalized spacial score (nSPS) is 27.3. The van der Waals surface area contributed by atoms with E-state index in [4.69, 9.17) is 9.47 Å². The van der Waals surface area contributed by atoms with Crippen LogP contribution in [0.4, 0.5) is 0 Å². The topological polar surface area (TPSA) is 99.5 Å². The highest BCUT2D eigenvalue weighted by Crippen LogP contribution is 2.65. The molecule has 8 unspecified atom stereocenters. The Morgan fingerprint density at radius 3 is 2.00 bits per heavy atom. The van der Waals surface area contributed by atoms with Crippen molar-refractivity contribution in [2.24, 2.45) is 46.3 Å². The van der Waals surface area contributed by atoms with Gasteiger partial charge < -0.3 is 19.7 Å². The Balaban J connectivity index is 1.08. The second-order valence-corrected chi connectivity index (χ2v) is 21.4. The lowest BCUT2D eigenvalue weighted by atomic mass is 9.46. The van der Waals surface area contributed by atoms with E-state index in [-0.39, 0.29) is 36.7 Å². The van der Waals surface area contributed by atoms with Gasteiger partial charge in [-0.3, -0.25) is 19.4 Å². The number of hydrogen-bond acceptors (Lipinski definition) is 8. The smallest absolute Gasteiger partial charge is 0.306 e. The van der Waals surface area contributed by atoms with E-state index in [9.17, 15) is 19.8 Å². The number of esters is 2. The summed E-state index contributed by atoms with van der Waals surface area (Å²) in [4.78, 5) is 29.8. The van der Waals surface area contributed by atoms with Crippen LogP contribution in [-0.2, 0) is 19.1 Å². The number of allylic oxidation sites excluding steroid dienone is 3. The van der Waals surface area contributed by atoms with Crippen LogP contribution in [0, 0.1) is 46.3 Å². The van der Waals surface area contributed by atoms with Crippen LogP contribution in [0.2, 0.25) is 0 Å². The van der Waals surface area contributed by atoms with Crippen molar-refractivity contribution in [2.45, 2.75) is 202 Å². The van der Waals surface area contributed by atoms with Gasteiger partial charge in [0, 0.05) is 45.4 Å². The maximum atomic E-state index is 13.1. The maximum absolute atomic E-state index is 13.1. The van der Waals surface area contributed by atoms with E-state index in [1.54, 1.807) is 5.57 Å². The monoisotopic (exact) mass is 869 g/mol. The minimum Gasteiger partial charge on any atom is -0.466 e. The van der Waals surface area contributed by atoms with Crippen LogP contribution < -0.4 is 0 Å². The number of carbonyl (C=O) groups is 2. The summed E-state index contributed by atoms with van der Waals surface area (Å²) < 4.78 is 11.6. The quantitative estimate of drug-likeness (QED) is 0.0382. The molecule has 0 heterocycles. The summed E-state index contributed by atoms with van der Waals surface area (Å²) in [5, 5.41) is 19.5. The van der Waals surface area contributed by atoms with Crippen molar-refractivity contribution in [2.75, 3.05) is 59.1 Å². The van der Waals surface area contributed by atoms with Gasteiger partial charge in [-0.1, -0.05) is 136 Å². The number of aliphatic hydroxyl groups is 2. The molecule has 0 bridgehead atoms. The first-order valence-corrected chi connectivity index (χ1v) is 26.3. The van der Waals surface area contributed by atoms with Crippen molar-refractivity contribution >= 4 is 11.9 Å². The molecule has 0 saturated heterocycles. The molecule has 2 N–H and O–H groups in total. The minimum atomic E-state index is -0.0782. The Morgan fingerprint density at radius 1 is 0.726 bits per heavy atom. The van der Waals surface area contributed by atoms with Crippen molar-refractivity contribution in [1.82, 2.24) is 9.80 Å². The number of hydrogen-bond donors (Lipinski definition) is 2. The SMILES string of the molecule is CCCCCCCCCOC(=O)CCCCCN(CCO)CCN(CCO)CCCCCC(=O)OC1CCC2(C)C(=CCC3C2CCC2(C)C(C(C)CCCC(C)C)C=CC32)C1. The van der Waals surface area contributed by atoms with Crippen molar-refractivity contribution in [3.8, 4) is 0 Å². The predicted molar refractivity (Wildman–Crippen MR) is 256 cm³/mol. The molecule has 0 aliphatic heterocycles. The highest BCUT2D eigenvalue weighted by atomic mass is 16.5. The fourth-order valence-electron chi connectivity index (χ4n) is 12.4. The van der Waals surface area contributed by atoms with Crippen molar-refractivity contribution < 1.29 is 29.3 Å². The average Bonchev–Trinajstić information content (AvgIpc) is 3.60. The number of rotatable bonds is 33. The fraction of sp³-hybridized carbons (Fsp3) is 0.889. The lowest BCUT2D eigenvalue weighted by Gasteiger charge is -2.58. The summed E-state index contributed by atoms with van der Waals surface area (Å²) in [5.41, 5.74) is 2.21. The Labute approximate surface area is 380 Å². The highest BCUT2D eigenvalue weighted by molar-refractivity contribution is 5.69. The Kier molecular flexibility index (Phi) is 24.2. The lowest BCUT2D eigenvalue weighted by molar-refractivity contribution is -0.151. The Bertz CT molecular complexity index is 1330. The molecular formula is C54H96N2O6. The van der Waals surface area contributed by atoms with Gasteiger partial charge in [-0.25, -0.2) is 0 Å². The molecule has 4 rings (SSSR count). The zero-order valence-corrected chi connectivity index (χ0v) is 41.0. The van der Waals surface area contributed by atoms with E-state index in [0.717, 1.165) is 120 Å². The van der Waals surface area contributed by atoms with Gasteiger partial charge in [0.05, 0.1) is 19.8 Å². The average molecular weight is 869 g/mol. The van der Waals surface area contributed by atoms with E-state index in [2.05, 4.69) is 69.6 Å². The first kappa shape index (κ1) is 52.9. The van der Waals surface area contributed by atoms with Crippen LogP contribution in [0.1, 0.15) is 196 Å². The number of fused-ring (bicyclic) bond motifs is 5. The standard InChI is InChI=1S/C54H96N2O6/c1-7-8-9-10-11-12-19-41-61-51(59)23-15-13-17-33-55(37-39-57)35-36-56(38-40-58)34-18-14-16-24-52(60)62-46-29-31-53(5)45(42-46)25-26-47-49-28-27-48(44(4)22-20-21-43(2)3)54(49,6)32-30-50(47)53/h25,27-28,43-44,46-50,57-58H,7-24,26,29-42H2,1-6H3. The van der Waals surface area contributed by atoms with Gasteiger partial charge in [0.15, 0.2) is 0 Å². The molecule has 0 aromatic rings. The second kappa shape index (κ2) is 28.3. The molecule has 8 nitrogen and oxygen atoms in total. The molecule has 8 heteroatoms. The molecule has 0 aromatic carbocycles. The van der Waals surface area contributed by atoms with E-state index in [0.29, 0.717) is 49.8 Å². The summed E-state index contributed by atoms with van der Waals surface area (Å²) in [6, 6.07) is 0. The summed E-state index contributed by atoms with van der Waals surface area (Å²) in [6.45, 7) is 20.1. The number of ether oxygens (including phenoxy) is 2. The van der Waals surface area contributed by atoms with Crippen molar-refractivity contribution in [3.63, 3.8) is 0 Å². The molecule has 2 saturated carbocycles. The van der Waals surface area contributed by atoms with Crippen LogP contribution in [0.5, 0.6) is 0 Å². The number of unbranched alkanes of at least 4 members (excludes halogenated alkanes) is 10. The van der Waals surface area contributed by atoms with Crippen LogP contribution in [0.3, 0.4) is 0 Å². The van der Waals surface area contributed by atoms with E-state index >= 15 is 0 Å². The van der Waals surface area contributed by atoms with Crippen LogP contribution >= 0.6 is 0 Å². The van der Waals surface area contributed by atoms with Gasteiger partial charge in [0.1, 0.15) is 6.10 Å². The molecule has 0 amide bonds. The molecule has 358 valence electrons. The van der Waals surface area contributed by atoms with Gasteiger partial charge in [-0.15, -0.1) is 0 Å². The largest absolute Gasteiger partial charge is 0.466 e. The van der Waals surface area contributed by atoms with Crippen molar-refractivity contribution in [1.29, 1.82) is 0 Å². The third kappa shape index (κ3) is 16.6. The van der Waals surface area contributed by atoms with E-state index in [1.807, 2.05) is 0 Å². The molecule has 4 aliphatic carbocycles. The predicted octanol–water partition coefficient (Wildman–Crippen LogP) is 11.7. The number of nitrogens with zero attached hydrogens (tertiary/aromatic N) is 2. The minimum absolute atomic E-state index is 0.0117.